The summed E-state index contributed by atoms with van der Waals surface area (Å²) in [7, 11) is 3.72. The first-order valence-electron chi connectivity index (χ1n) is 11.4. The van der Waals surface area contributed by atoms with E-state index < -0.39 is 11.7 Å². The Morgan fingerprint density at radius 2 is 1.80 bits per heavy atom. The standard InChI is InChI=1S/C24H25F3N8/c1-33(14-20-19(24(25,26)27)13-28-15-29-20)16-8-11-35(12-9-16)23-18-6-4-3-5-17(18)22(31-32-23)21-7-10-30-34(21)2/h3-7,10,13,15-16H,8-9,11-12,14H2,1-2H3. The average molecular weight is 483 g/mol. The molecule has 4 heterocycles. The number of alkyl halides is 3. The molecule has 0 spiro atoms. The maximum Gasteiger partial charge on any atom is 0.419 e. The summed E-state index contributed by atoms with van der Waals surface area (Å²) in [5.74, 6) is 0.822. The lowest BCUT2D eigenvalue weighted by Gasteiger charge is -2.37. The van der Waals surface area contributed by atoms with Gasteiger partial charge < -0.3 is 4.90 Å². The Labute approximate surface area is 200 Å². The van der Waals surface area contributed by atoms with Crippen molar-refractivity contribution >= 4 is 16.6 Å². The van der Waals surface area contributed by atoms with E-state index in [9.17, 15) is 13.2 Å². The molecule has 0 N–H and O–H groups in total. The van der Waals surface area contributed by atoms with Crippen molar-refractivity contribution in [1.29, 1.82) is 0 Å². The van der Waals surface area contributed by atoms with Gasteiger partial charge in [0.05, 0.1) is 17.0 Å². The van der Waals surface area contributed by atoms with E-state index in [1.165, 1.54) is 6.33 Å². The molecule has 0 aliphatic carbocycles. The zero-order chi connectivity index (χ0) is 24.6. The normalized spacial score (nSPS) is 15.3. The molecule has 0 unspecified atom stereocenters. The van der Waals surface area contributed by atoms with Crippen LogP contribution in [0.15, 0.2) is 49.1 Å². The van der Waals surface area contributed by atoms with Crippen LogP contribution in [0.1, 0.15) is 24.1 Å². The van der Waals surface area contributed by atoms with Crippen LogP contribution in [0.5, 0.6) is 0 Å². The molecule has 5 rings (SSSR count). The molecule has 11 heteroatoms. The van der Waals surface area contributed by atoms with Crippen LogP contribution >= 0.6 is 0 Å². The highest BCUT2D eigenvalue weighted by molar-refractivity contribution is 5.99. The third kappa shape index (κ3) is 4.55. The van der Waals surface area contributed by atoms with Crippen molar-refractivity contribution in [1.82, 2.24) is 34.8 Å². The number of rotatable bonds is 5. The fraction of sp³-hybridized carbons (Fsp3) is 0.375. The van der Waals surface area contributed by atoms with Crippen LogP contribution in [-0.2, 0) is 19.8 Å². The summed E-state index contributed by atoms with van der Waals surface area (Å²) < 4.78 is 41.8. The summed E-state index contributed by atoms with van der Waals surface area (Å²) in [5.41, 5.74) is 0.896. The van der Waals surface area contributed by atoms with Crippen LogP contribution in [-0.4, -0.2) is 61.0 Å². The van der Waals surface area contributed by atoms with E-state index in [0.717, 1.165) is 60.1 Å². The fourth-order valence-corrected chi connectivity index (χ4v) is 4.72. The molecule has 182 valence electrons. The summed E-state index contributed by atoms with van der Waals surface area (Å²) in [6, 6.07) is 10.1. The number of aromatic nitrogens is 6. The topological polar surface area (TPSA) is 75.9 Å². The number of hydrogen-bond acceptors (Lipinski definition) is 7. The minimum absolute atomic E-state index is 0.0000408. The first kappa shape index (κ1) is 23.2. The quantitative estimate of drug-likeness (QED) is 0.427. The lowest BCUT2D eigenvalue weighted by atomic mass is 10.0. The molecule has 35 heavy (non-hydrogen) atoms. The van der Waals surface area contributed by atoms with Crippen molar-refractivity contribution < 1.29 is 13.2 Å². The number of aryl methyl sites for hydroxylation is 1. The van der Waals surface area contributed by atoms with Gasteiger partial charge in [0.25, 0.3) is 0 Å². The molecular weight excluding hydrogens is 457 g/mol. The van der Waals surface area contributed by atoms with Gasteiger partial charge in [0, 0.05) is 55.9 Å². The second kappa shape index (κ2) is 9.21. The zero-order valence-electron chi connectivity index (χ0n) is 19.4. The van der Waals surface area contributed by atoms with E-state index >= 15 is 0 Å². The van der Waals surface area contributed by atoms with E-state index in [1.54, 1.807) is 10.9 Å². The molecule has 1 aliphatic heterocycles. The highest BCUT2D eigenvalue weighted by Crippen LogP contribution is 2.34. The molecule has 0 saturated carbocycles. The Hall–Kier alpha value is -3.60. The molecule has 1 saturated heterocycles. The van der Waals surface area contributed by atoms with E-state index in [2.05, 4.69) is 30.2 Å². The molecule has 1 aromatic carbocycles. The third-order valence-electron chi connectivity index (χ3n) is 6.62. The summed E-state index contributed by atoms with van der Waals surface area (Å²) in [6.07, 6.45) is 0.866. The van der Waals surface area contributed by atoms with E-state index in [1.807, 2.05) is 49.3 Å². The molecule has 3 aromatic heterocycles. The number of nitrogens with zero attached hydrogens (tertiary/aromatic N) is 8. The van der Waals surface area contributed by atoms with Gasteiger partial charge in [-0.05, 0) is 26.0 Å². The van der Waals surface area contributed by atoms with E-state index in [-0.39, 0.29) is 18.3 Å². The Morgan fingerprint density at radius 1 is 1.06 bits per heavy atom. The minimum atomic E-state index is -4.47. The van der Waals surface area contributed by atoms with Gasteiger partial charge in [0.1, 0.15) is 12.0 Å². The average Bonchev–Trinajstić information content (AvgIpc) is 3.28. The van der Waals surface area contributed by atoms with Gasteiger partial charge in [-0.3, -0.25) is 9.58 Å². The van der Waals surface area contributed by atoms with Crippen LogP contribution < -0.4 is 4.90 Å². The molecular formula is C24H25F3N8. The van der Waals surface area contributed by atoms with E-state index in [4.69, 9.17) is 0 Å². The van der Waals surface area contributed by atoms with Crippen LogP contribution in [0.4, 0.5) is 19.0 Å². The largest absolute Gasteiger partial charge is 0.419 e. The van der Waals surface area contributed by atoms with Crippen LogP contribution in [0.3, 0.4) is 0 Å². The maximum atomic E-state index is 13.3. The van der Waals surface area contributed by atoms with Gasteiger partial charge in [-0.1, -0.05) is 24.3 Å². The molecule has 4 aromatic rings. The van der Waals surface area contributed by atoms with Gasteiger partial charge in [-0.15, -0.1) is 10.2 Å². The van der Waals surface area contributed by atoms with Crippen molar-refractivity contribution in [2.75, 3.05) is 25.0 Å². The van der Waals surface area contributed by atoms with Gasteiger partial charge in [0.2, 0.25) is 0 Å². The molecule has 1 fully saturated rings. The molecule has 0 radical (unpaired) electrons. The Morgan fingerprint density at radius 3 is 2.49 bits per heavy atom. The second-order valence-electron chi connectivity index (χ2n) is 8.77. The van der Waals surface area contributed by atoms with Crippen LogP contribution in [0.25, 0.3) is 22.2 Å². The first-order chi connectivity index (χ1) is 16.8. The minimum Gasteiger partial charge on any atom is -0.354 e. The number of halogens is 3. The predicted octanol–water partition coefficient (Wildman–Crippen LogP) is 3.94. The molecule has 1 aliphatic rings. The Kier molecular flexibility index (Phi) is 6.10. The van der Waals surface area contributed by atoms with Crippen molar-refractivity contribution in [3.8, 4) is 11.4 Å². The summed E-state index contributed by atoms with van der Waals surface area (Å²) in [4.78, 5) is 11.6. The highest BCUT2D eigenvalue weighted by atomic mass is 19.4. The van der Waals surface area contributed by atoms with Crippen molar-refractivity contribution in [3.63, 3.8) is 0 Å². The van der Waals surface area contributed by atoms with Crippen molar-refractivity contribution in [3.05, 3.63) is 60.3 Å². The summed E-state index contributed by atoms with van der Waals surface area (Å²) >= 11 is 0. The summed E-state index contributed by atoms with van der Waals surface area (Å²) in [5, 5.41) is 15.4. The van der Waals surface area contributed by atoms with Gasteiger partial charge >= 0.3 is 6.18 Å². The lowest BCUT2D eigenvalue weighted by Crippen LogP contribution is -2.43. The molecule has 0 atom stereocenters. The lowest BCUT2D eigenvalue weighted by molar-refractivity contribution is -0.139. The highest BCUT2D eigenvalue weighted by Gasteiger charge is 2.35. The van der Waals surface area contributed by atoms with Gasteiger partial charge in [-0.2, -0.15) is 18.3 Å². The second-order valence-corrected chi connectivity index (χ2v) is 8.77. The fourth-order valence-electron chi connectivity index (χ4n) is 4.72. The number of benzene rings is 1. The number of hydrogen-bond donors (Lipinski definition) is 0. The number of piperidine rings is 1. The smallest absolute Gasteiger partial charge is 0.354 e. The zero-order valence-corrected chi connectivity index (χ0v) is 19.4. The van der Waals surface area contributed by atoms with Gasteiger partial charge in [0.15, 0.2) is 5.82 Å². The number of anilines is 1. The van der Waals surface area contributed by atoms with Crippen LogP contribution in [0, 0.1) is 0 Å². The molecule has 0 bridgehead atoms. The Balaban J connectivity index is 1.33. The van der Waals surface area contributed by atoms with Gasteiger partial charge in [-0.25, -0.2) is 9.97 Å². The summed E-state index contributed by atoms with van der Waals surface area (Å²) in [6.45, 7) is 1.58. The van der Waals surface area contributed by atoms with Crippen molar-refractivity contribution in [2.24, 2.45) is 7.05 Å². The monoisotopic (exact) mass is 482 g/mol. The molecule has 0 amide bonds. The maximum absolute atomic E-state index is 13.3. The van der Waals surface area contributed by atoms with E-state index in [0.29, 0.717) is 0 Å². The predicted molar refractivity (Wildman–Crippen MR) is 125 cm³/mol. The first-order valence-corrected chi connectivity index (χ1v) is 11.4. The SMILES string of the molecule is CN(Cc1ncncc1C(F)(F)F)C1CCN(c2nnc(-c3ccnn3C)c3ccccc23)CC1. The van der Waals surface area contributed by atoms with Crippen LogP contribution in [0.2, 0.25) is 0 Å². The Bertz CT molecular complexity index is 1330. The number of fused-ring (bicyclic) bond motifs is 1. The third-order valence-corrected chi connectivity index (χ3v) is 6.62. The molecule has 8 nitrogen and oxygen atoms in total. The van der Waals surface area contributed by atoms with Crippen molar-refractivity contribution in [2.45, 2.75) is 31.6 Å².